The van der Waals surface area contributed by atoms with E-state index in [9.17, 15) is 13.2 Å². The highest BCUT2D eigenvalue weighted by molar-refractivity contribution is 7.89. The summed E-state index contributed by atoms with van der Waals surface area (Å²) in [6.45, 7) is 1.98. The third kappa shape index (κ3) is 5.17. The van der Waals surface area contributed by atoms with Crippen LogP contribution in [-0.2, 0) is 14.8 Å². The highest BCUT2D eigenvalue weighted by atomic mass is 32.2. The van der Waals surface area contributed by atoms with Gasteiger partial charge in [0.1, 0.15) is 5.75 Å². The fraction of sp³-hybridized carbons (Fsp3) is 0.588. The number of likely N-dealkylation sites (N-methyl/N-ethyl adjacent to an activating group) is 1. The summed E-state index contributed by atoms with van der Waals surface area (Å²) in [6, 6.07) is 6.33. The van der Waals surface area contributed by atoms with Gasteiger partial charge in [0.05, 0.1) is 17.9 Å². The minimum atomic E-state index is -3.60. The summed E-state index contributed by atoms with van der Waals surface area (Å²) in [7, 11) is 1.82. The van der Waals surface area contributed by atoms with Crippen molar-refractivity contribution in [1.29, 1.82) is 0 Å². The van der Waals surface area contributed by atoms with Gasteiger partial charge >= 0.3 is 0 Å². The van der Waals surface area contributed by atoms with Crippen LogP contribution >= 0.6 is 0 Å². The fourth-order valence-electron chi connectivity index (χ4n) is 2.82. The van der Waals surface area contributed by atoms with E-state index >= 15 is 0 Å². The summed E-state index contributed by atoms with van der Waals surface area (Å²) >= 11 is 0. The monoisotopic (exact) mass is 369 g/mol. The van der Waals surface area contributed by atoms with E-state index in [2.05, 4.69) is 5.32 Å². The smallest absolute Gasteiger partial charge is 0.243 e. The Bertz CT molecular complexity index is 674. The number of carbonyl (C=O) groups is 1. The number of rotatable bonds is 7. The maximum Gasteiger partial charge on any atom is 0.243 e. The molecule has 1 saturated heterocycles. The summed E-state index contributed by atoms with van der Waals surface area (Å²) in [6.07, 6.45) is 1.39. The molecular formula is C17H27N3O4S. The molecule has 1 amide bonds. The molecule has 0 aliphatic carbocycles. The Labute approximate surface area is 150 Å². The average molecular weight is 369 g/mol. The zero-order valence-electron chi connectivity index (χ0n) is 15.1. The number of amides is 1. The molecule has 1 aromatic rings. The van der Waals surface area contributed by atoms with E-state index < -0.39 is 10.0 Å². The summed E-state index contributed by atoms with van der Waals surface area (Å²) in [4.78, 5) is 14.5. The Morgan fingerprint density at radius 2 is 2.00 bits per heavy atom. The molecule has 0 radical (unpaired) electrons. The van der Waals surface area contributed by atoms with E-state index in [1.165, 1.54) is 23.5 Å². The van der Waals surface area contributed by atoms with Crippen molar-refractivity contribution in [2.45, 2.75) is 17.7 Å². The van der Waals surface area contributed by atoms with E-state index in [1.807, 2.05) is 19.0 Å². The number of methoxy groups -OCH3 is 1. The molecule has 1 atom stereocenters. The SMILES string of the molecule is COc1ccc(S(=O)(=O)N2CCC[C@@H](C(=O)NCCN(C)C)C2)cc1. The molecule has 0 aromatic heterocycles. The first-order valence-electron chi connectivity index (χ1n) is 8.41. The number of hydrogen-bond acceptors (Lipinski definition) is 5. The zero-order valence-corrected chi connectivity index (χ0v) is 15.9. The van der Waals surface area contributed by atoms with Crippen molar-refractivity contribution in [3.8, 4) is 5.75 Å². The molecule has 1 N–H and O–H groups in total. The van der Waals surface area contributed by atoms with Crippen LogP contribution in [0.2, 0.25) is 0 Å². The molecule has 0 spiro atoms. The van der Waals surface area contributed by atoms with Crippen LogP contribution in [-0.4, -0.2) is 70.9 Å². The fourth-order valence-corrected chi connectivity index (χ4v) is 4.34. The van der Waals surface area contributed by atoms with Gasteiger partial charge in [-0.25, -0.2) is 8.42 Å². The largest absolute Gasteiger partial charge is 0.497 e. The van der Waals surface area contributed by atoms with Crippen molar-refractivity contribution in [2.75, 3.05) is 47.4 Å². The van der Waals surface area contributed by atoms with Crippen LogP contribution in [0.5, 0.6) is 5.75 Å². The normalized spacial score (nSPS) is 19.0. The summed E-state index contributed by atoms with van der Waals surface area (Å²) < 4.78 is 32.1. The van der Waals surface area contributed by atoms with Gasteiger partial charge < -0.3 is 15.0 Å². The molecule has 8 heteroatoms. The number of carbonyl (C=O) groups excluding carboxylic acids is 1. The van der Waals surface area contributed by atoms with Crippen LogP contribution in [0.4, 0.5) is 0 Å². The molecule has 0 bridgehead atoms. The summed E-state index contributed by atoms with van der Waals surface area (Å²) in [5.74, 6) is 0.233. The minimum Gasteiger partial charge on any atom is -0.497 e. The standard InChI is InChI=1S/C17H27N3O4S/c1-19(2)12-10-18-17(21)14-5-4-11-20(13-14)25(22,23)16-8-6-15(24-3)7-9-16/h6-9,14H,4-5,10-13H2,1-3H3,(H,18,21)/t14-/m1/s1. The number of ether oxygens (including phenoxy) is 1. The van der Waals surface area contributed by atoms with Gasteiger partial charge in [-0.15, -0.1) is 0 Å². The highest BCUT2D eigenvalue weighted by Gasteiger charge is 2.33. The molecular weight excluding hydrogens is 342 g/mol. The Kier molecular flexibility index (Phi) is 6.80. The van der Waals surface area contributed by atoms with Crippen molar-refractivity contribution in [2.24, 2.45) is 5.92 Å². The van der Waals surface area contributed by atoms with Crippen LogP contribution in [0.15, 0.2) is 29.2 Å². The van der Waals surface area contributed by atoms with E-state index in [0.29, 0.717) is 31.7 Å². The van der Waals surface area contributed by atoms with Gasteiger partial charge in [-0.05, 0) is 51.2 Å². The molecule has 1 aliphatic heterocycles. The Morgan fingerprint density at radius 1 is 1.32 bits per heavy atom. The van der Waals surface area contributed by atoms with Crippen LogP contribution in [0, 0.1) is 5.92 Å². The van der Waals surface area contributed by atoms with Crippen molar-refractivity contribution in [1.82, 2.24) is 14.5 Å². The first kappa shape index (κ1) is 19.7. The van der Waals surface area contributed by atoms with Crippen LogP contribution in [0.25, 0.3) is 0 Å². The highest BCUT2D eigenvalue weighted by Crippen LogP contribution is 2.25. The Balaban J connectivity index is 2.02. The second kappa shape index (κ2) is 8.64. The summed E-state index contributed by atoms with van der Waals surface area (Å²) in [5, 5.41) is 2.89. The molecule has 0 saturated carbocycles. The zero-order chi connectivity index (χ0) is 18.4. The van der Waals surface area contributed by atoms with E-state index in [0.717, 1.165) is 6.54 Å². The van der Waals surface area contributed by atoms with E-state index in [-0.39, 0.29) is 23.3 Å². The lowest BCUT2D eigenvalue weighted by Gasteiger charge is -2.31. The summed E-state index contributed by atoms with van der Waals surface area (Å²) in [5.41, 5.74) is 0. The predicted octanol–water partition coefficient (Wildman–Crippen LogP) is 0.774. The van der Waals surface area contributed by atoms with Gasteiger partial charge in [0.2, 0.25) is 15.9 Å². The molecule has 7 nitrogen and oxygen atoms in total. The minimum absolute atomic E-state index is 0.0727. The van der Waals surface area contributed by atoms with Crippen LogP contribution < -0.4 is 10.1 Å². The first-order valence-corrected chi connectivity index (χ1v) is 9.85. The number of piperidine rings is 1. The van der Waals surface area contributed by atoms with Crippen LogP contribution in [0.1, 0.15) is 12.8 Å². The van der Waals surface area contributed by atoms with E-state index in [1.54, 1.807) is 12.1 Å². The predicted molar refractivity (Wildman–Crippen MR) is 96.0 cm³/mol. The number of benzene rings is 1. The van der Waals surface area contributed by atoms with Gasteiger partial charge in [0, 0.05) is 26.2 Å². The Morgan fingerprint density at radius 3 is 2.60 bits per heavy atom. The quantitative estimate of drug-likeness (QED) is 0.768. The lowest BCUT2D eigenvalue weighted by molar-refractivity contribution is -0.126. The first-order chi connectivity index (χ1) is 11.8. The topological polar surface area (TPSA) is 79.0 Å². The van der Waals surface area contributed by atoms with Gasteiger partial charge in [0.25, 0.3) is 0 Å². The molecule has 1 heterocycles. The lowest BCUT2D eigenvalue weighted by atomic mass is 9.99. The number of hydrogen-bond donors (Lipinski definition) is 1. The number of nitrogens with one attached hydrogen (secondary N) is 1. The van der Waals surface area contributed by atoms with Crippen molar-refractivity contribution in [3.05, 3.63) is 24.3 Å². The maximum atomic E-state index is 12.8. The second-order valence-corrected chi connectivity index (χ2v) is 8.41. The molecule has 1 aliphatic rings. The second-order valence-electron chi connectivity index (χ2n) is 6.47. The van der Waals surface area contributed by atoms with Gasteiger partial charge in [0.15, 0.2) is 0 Å². The number of sulfonamides is 1. The van der Waals surface area contributed by atoms with Crippen LogP contribution in [0.3, 0.4) is 0 Å². The maximum absolute atomic E-state index is 12.8. The van der Waals surface area contributed by atoms with Crippen molar-refractivity contribution < 1.29 is 17.9 Å². The van der Waals surface area contributed by atoms with Gasteiger partial charge in [-0.3, -0.25) is 4.79 Å². The molecule has 1 aromatic carbocycles. The molecule has 2 rings (SSSR count). The lowest BCUT2D eigenvalue weighted by Crippen LogP contribution is -2.46. The third-order valence-electron chi connectivity index (χ3n) is 4.31. The Hall–Kier alpha value is -1.64. The number of nitrogens with zero attached hydrogens (tertiary/aromatic N) is 2. The third-order valence-corrected chi connectivity index (χ3v) is 6.19. The van der Waals surface area contributed by atoms with Gasteiger partial charge in [-0.1, -0.05) is 0 Å². The van der Waals surface area contributed by atoms with Crippen molar-refractivity contribution in [3.63, 3.8) is 0 Å². The van der Waals surface area contributed by atoms with Gasteiger partial charge in [-0.2, -0.15) is 4.31 Å². The van der Waals surface area contributed by atoms with E-state index in [4.69, 9.17) is 4.74 Å². The molecule has 25 heavy (non-hydrogen) atoms. The molecule has 140 valence electrons. The average Bonchev–Trinajstić information content (AvgIpc) is 2.61. The van der Waals surface area contributed by atoms with Crippen molar-refractivity contribution >= 4 is 15.9 Å². The molecule has 1 fully saturated rings. The molecule has 0 unspecified atom stereocenters.